The zero-order valence-corrected chi connectivity index (χ0v) is 12.6. The third-order valence-corrected chi connectivity index (χ3v) is 3.87. The van der Waals surface area contributed by atoms with E-state index in [0.717, 1.165) is 12.8 Å². The van der Waals surface area contributed by atoms with Gasteiger partial charge in [-0.3, -0.25) is 4.79 Å². The first kappa shape index (κ1) is 14.4. The molecule has 0 atom stereocenters. The van der Waals surface area contributed by atoms with Gasteiger partial charge in [0.05, 0.1) is 0 Å². The Morgan fingerprint density at radius 3 is 2.53 bits per heavy atom. The Morgan fingerprint density at radius 1 is 1.21 bits per heavy atom. The molecule has 0 aliphatic heterocycles. The van der Waals surface area contributed by atoms with Crippen molar-refractivity contribution in [3.8, 4) is 0 Å². The van der Waals surface area contributed by atoms with Crippen LogP contribution < -0.4 is 5.32 Å². The molecule has 0 unspecified atom stereocenters. The number of hydrogen-bond donors (Lipinski definition) is 1. The van der Waals surface area contributed by atoms with Crippen LogP contribution in [-0.4, -0.2) is 11.9 Å². The van der Waals surface area contributed by atoms with Gasteiger partial charge in [-0.1, -0.05) is 32.1 Å². The summed E-state index contributed by atoms with van der Waals surface area (Å²) >= 11 is 3.23. The van der Waals surface area contributed by atoms with E-state index in [1.165, 1.54) is 32.1 Å². The van der Waals surface area contributed by atoms with Gasteiger partial charge in [-0.15, -0.1) is 0 Å². The van der Waals surface area contributed by atoms with Crippen LogP contribution in [0.2, 0.25) is 0 Å². The second kappa shape index (κ2) is 7.53. The zero-order valence-electron chi connectivity index (χ0n) is 11.0. The minimum Gasteiger partial charge on any atom is -0.450 e. The smallest absolute Gasteiger partial charge is 0.244 e. The minimum absolute atomic E-state index is 0.0295. The summed E-state index contributed by atoms with van der Waals surface area (Å²) in [6.45, 7) is 0. The van der Waals surface area contributed by atoms with Crippen LogP contribution in [0.5, 0.6) is 0 Å². The number of rotatable bonds is 3. The highest BCUT2D eigenvalue weighted by molar-refractivity contribution is 9.10. The van der Waals surface area contributed by atoms with Crippen molar-refractivity contribution in [3.63, 3.8) is 0 Å². The van der Waals surface area contributed by atoms with Crippen molar-refractivity contribution in [2.45, 2.75) is 51.0 Å². The molecule has 1 saturated carbocycles. The van der Waals surface area contributed by atoms with Gasteiger partial charge < -0.3 is 9.73 Å². The highest BCUT2D eigenvalue weighted by atomic mass is 79.9. The predicted molar refractivity (Wildman–Crippen MR) is 79.7 cm³/mol. The van der Waals surface area contributed by atoms with Crippen molar-refractivity contribution in [3.05, 3.63) is 28.6 Å². The average molecular weight is 326 g/mol. The third-order valence-electron chi connectivity index (χ3n) is 3.44. The number of carbonyl (C=O) groups excluding carboxylic acids is 1. The van der Waals surface area contributed by atoms with Gasteiger partial charge >= 0.3 is 0 Å². The fourth-order valence-electron chi connectivity index (χ4n) is 2.43. The lowest BCUT2D eigenvalue weighted by atomic mass is 9.97. The molecule has 1 aromatic rings. The Morgan fingerprint density at radius 2 is 1.89 bits per heavy atom. The van der Waals surface area contributed by atoms with E-state index in [1.54, 1.807) is 12.2 Å². The zero-order chi connectivity index (χ0) is 13.5. The van der Waals surface area contributed by atoms with Crippen molar-refractivity contribution < 1.29 is 9.21 Å². The fraction of sp³-hybridized carbons (Fsp3) is 0.533. The van der Waals surface area contributed by atoms with Gasteiger partial charge in [-0.05, 0) is 47.0 Å². The van der Waals surface area contributed by atoms with Gasteiger partial charge in [-0.2, -0.15) is 0 Å². The lowest BCUT2D eigenvalue weighted by Crippen LogP contribution is -2.34. The molecule has 1 aliphatic carbocycles. The summed E-state index contributed by atoms with van der Waals surface area (Å²) in [7, 11) is 0. The number of carbonyl (C=O) groups is 1. The molecular weight excluding hydrogens is 306 g/mol. The summed E-state index contributed by atoms with van der Waals surface area (Å²) in [5, 5.41) is 3.08. The summed E-state index contributed by atoms with van der Waals surface area (Å²) in [5.41, 5.74) is 0. The van der Waals surface area contributed by atoms with Crippen LogP contribution in [0.3, 0.4) is 0 Å². The molecule has 1 fully saturated rings. The Bertz CT molecular complexity index is 431. The highest BCUT2D eigenvalue weighted by Crippen LogP contribution is 2.17. The van der Waals surface area contributed by atoms with Crippen LogP contribution in [0, 0.1) is 0 Å². The summed E-state index contributed by atoms with van der Waals surface area (Å²) in [4.78, 5) is 11.8. The van der Waals surface area contributed by atoms with Crippen LogP contribution >= 0.6 is 15.9 Å². The van der Waals surface area contributed by atoms with Crippen LogP contribution in [0.15, 0.2) is 27.3 Å². The topological polar surface area (TPSA) is 42.2 Å². The molecule has 1 heterocycles. The number of nitrogens with one attached hydrogen (secondary N) is 1. The maximum absolute atomic E-state index is 11.8. The predicted octanol–water partition coefficient (Wildman–Crippen LogP) is 4.28. The van der Waals surface area contributed by atoms with Gasteiger partial charge in [0, 0.05) is 12.1 Å². The van der Waals surface area contributed by atoms with Gasteiger partial charge in [0.15, 0.2) is 4.67 Å². The number of furan rings is 1. The average Bonchev–Trinajstić information content (AvgIpc) is 2.76. The summed E-state index contributed by atoms with van der Waals surface area (Å²) in [6, 6.07) is 3.97. The summed E-state index contributed by atoms with van der Waals surface area (Å²) in [5.74, 6) is 0.651. The molecule has 0 radical (unpaired) electrons. The normalized spacial score (nSPS) is 18.2. The molecule has 0 bridgehead atoms. The molecule has 3 nitrogen and oxygen atoms in total. The van der Waals surface area contributed by atoms with Crippen LogP contribution in [-0.2, 0) is 4.79 Å². The van der Waals surface area contributed by atoms with E-state index < -0.39 is 0 Å². The number of hydrogen-bond acceptors (Lipinski definition) is 2. The third kappa shape index (κ3) is 5.23. The molecule has 1 amide bonds. The van der Waals surface area contributed by atoms with E-state index in [9.17, 15) is 4.79 Å². The van der Waals surface area contributed by atoms with Gasteiger partial charge in [0.25, 0.3) is 0 Å². The Labute approximate surface area is 122 Å². The molecule has 1 aliphatic rings. The fourth-order valence-corrected chi connectivity index (χ4v) is 2.74. The maximum Gasteiger partial charge on any atom is 0.244 e. The molecule has 0 saturated heterocycles. The Kier molecular flexibility index (Phi) is 5.70. The molecule has 0 aromatic carbocycles. The largest absolute Gasteiger partial charge is 0.450 e. The van der Waals surface area contributed by atoms with Gasteiger partial charge in [-0.25, -0.2) is 0 Å². The first-order valence-corrected chi connectivity index (χ1v) is 7.77. The van der Waals surface area contributed by atoms with E-state index in [-0.39, 0.29) is 5.91 Å². The van der Waals surface area contributed by atoms with Crippen LogP contribution in [0.25, 0.3) is 6.08 Å². The molecule has 0 spiro atoms. The molecule has 2 rings (SSSR count). The Balaban J connectivity index is 1.80. The number of amides is 1. The van der Waals surface area contributed by atoms with Gasteiger partial charge in [0.2, 0.25) is 5.91 Å². The standard InChI is InChI=1S/C15H20BrNO2/c16-14-10-8-13(19-14)9-11-15(18)17-12-6-4-2-1-3-5-7-12/h8-12H,1-7H2,(H,17,18)/b11-9+. The SMILES string of the molecule is O=C(/C=C/c1ccc(Br)o1)NC1CCCCCCC1. The second-order valence-electron chi connectivity index (χ2n) is 5.03. The first-order chi connectivity index (χ1) is 9.24. The molecule has 1 N–H and O–H groups in total. The molecule has 1 aromatic heterocycles. The first-order valence-electron chi connectivity index (χ1n) is 6.98. The van der Waals surface area contributed by atoms with Crippen LogP contribution in [0.4, 0.5) is 0 Å². The number of halogens is 1. The van der Waals surface area contributed by atoms with E-state index in [0.29, 0.717) is 16.5 Å². The van der Waals surface area contributed by atoms with Crippen molar-refractivity contribution in [1.29, 1.82) is 0 Å². The highest BCUT2D eigenvalue weighted by Gasteiger charge is 2.12. The van der Waals surface area contributed by atoms with Crippen LogP contribution in [0.1, 0.15) is 50.7 Å². The Hall–Kier alpha value is -1.03. The summed E-state index contributed by atoms with van der Waals surface area (Å²) in [6.07, 6.45) is 11.8. The van der Waals surface area contributed by atoms with E-state index >= 15 is 0 Å². The monoisotopic (exact) mass is 325 g/mol. The second-order valence-corrected chi connectivity index (χ2v) is 5.81. The van der Waals surface area contributed by atoms with E-state index in [4.69, 9.17) is 4.42 Å². The molecular formula is C15H20BrNO2. The summed E-state index contributed by atoms with van der Waals surface area (Å²) < 4.78 is 5.98. The lowest BCUT2D eigenvalue weighted by Gasteiger charge is -2.20. The van der Waals surface area contributed by atoms with Crippen molar-refractivity contribution in [2.75, 3.05) is 0 Å². The lowest BCUT2D eigenvalue weighted by molar-refractivity contribution is -0.117. The molecule has 19 heavy (non-hydrogen) atoms. The molecule has 104 valence electrons. The maximum atomic E-state index is 11.8. The van der Waals surface area contributed by atoms with E-state index in [1.807, 2.05) is 12.1 Å². The quantitative estimate of drug-likeness (QED) is 0.842. The van der Waals surface area contributed by atoms with Crippen molar-refractivity contribution in [1.82, 2.24) is 5.32 Å². The molecule has 4 heteroatoms. The van der Waals surface area contributed by atoms with Crippen molar-refractivity contribution in [2.24, 2.45) is 0 Å². The van der Waals surface area contributed by atoms with E-state index in [2.05, 4.69) is 21.2 Å². The minimum atomic E-state index is -0.0295. The van der Waals surface area contributed by atoms with Gasteiger partial charge in [0.1, 0.15) is 5.76 Å². The van der Waals surface area contributed by atoms with Crippen molar-refractivity contribution >= 4 is 27.9 Å².